The van der Waals surface area contributed by atoms with Gasteiger partial charge in [0.1, 0.15) is 6.04 Å². The summed E-state index contributed by atoms with van der Waals surface area (Å²) in [6.07, 6.45) is 1.05. The van der Waals surface area contributed by atoms with Crippen LogP contribution in [0.15, 0.2) is 42.5 Å². The van der Waals surface area contributed by atoms with Crippen molar-refractivity contribution in [2.45, 2.75) is 33.7 Å². The van der Waals surface area contributed by atoms with Crippen molar-refractivity contribution in [2.75, 3.05) is 18.1 Å². The van der Waals surface area contributed by atoms with Gasteiger partial charge in [-0.2, -0.15) is 5.10 Å². The van der Waals surface area contributed by atoms with Crippen molar-refractivity contribution in [3.8, 4) is 16.9 Å². The molecule has 0 saturated heterocycles. The quantitative estimate of drug-likeness (QED) is 0.395. The molecular formula is C25H28Cl2N4O5S. The molecule has 1 unspecified atom stereocenters. The lowest BCUT2D eigenvalue weighted by Crippen LogP contribution is -2.49. The second-order valence-corrected chi connectivity index (χ2v) is 12.2. The summed E-state index contributed by atoms with van der Waals surface area (Å²) >= 11 is 12.6. The van der Waals surface area contributed by atoms with Crippen LogP contribution in [-0.2, 0) is 19.6 Å². The van der Waals surface area contributed by atoms with E-state index >= 15 is 0 Å². The number of ether oxygens (including phenoxy) is 1. The Morgan fingerprint density at radius 1 is 1.11 bits per heavy atom. The van der Waals surface area contributed by atoms with Crippen LogP contribution in [0.25, 0.3) is 16.9 Å². The van der Waals surface area contributed by atoms with E-state index in [1.54, 1.807) is 70.2 Å². The zero-order chi connectivity index (χ0) is 27.7. The number of methoxy groups -OCH3 is 1. The summed E-state index contributed by atoms with van der Waals surface area (Å²) in [6.45, 7) is 7.12. The normalized spacial score (nSPS) is 12.6. The molecule has 1 aromatic heterocycles. The first kappa shape index (κ1) is 28.5. The Kier molecular flexibility index (Phi) is 8.26. The molecule has 0 aliphatic carbocycles. The third-order valence-electron chi connectivity index (χ3n) is 5.49. The maximum atomic E-state index is 13.4. The number of aromatic nitrogens is 2. The number of nitrogens with one attached hydrogen (secondary N) is 2. The average Bonchev–Trinajstić information content (AvgIpc) is 3.12. The van der Waals surface area contributed by atoms with E-state index in [0.717, 1.165) is 6.26 Å². The van der Waals surface area contributed by atoms with Gasteiger partial charge in [0.2, 0.25) is 10.0 Å². The zero-order valence-corrected chi connectivity index (χ0v) is 23.5. The summed E-state index contributed by atoms with van der Waals surface area (Å²) in [7, 11) is -2.27. The number of amides is 1. The van der Waals surface area contributed by atoms with E-state index in [2.05, 4.69) is 15.1 Å². The fourth-order valence-corrected chi connectivity index (χ4v) is 4.81. The molecule has 0 fully saturated rings. The predicted octanol–water partition coefficient (Wildman–Crippen LogP) is 4.84. The van der Waals surface area contributed by atoms with Crippen LogP contribution in [-0.4, -0.2) is 49.5 Å². The van der Waals surface area contributed by atoms with E-state index < -0.39 is 33.4 Å². The Morgan fingerprint density at radius 2 is 1.78 bits per heavy atom. The minimum Gasteiger partial charge on any atom is -0.467 e. The number of anilines is 1. The number of sulfonamides is 1. The van der Waals surface area contributed by atoms with Crippen LogP contribution >= 0.6 is 23.2 Å². The number of esters is 1. The fraction of sp³-hybridized carbons (Fsp3) is 0.320. The number of halogens is 2. The van der Waals surface area contributed by atoms with Gasteiger partial charge in [-0.1, -0.05) is 56.1 Å². The Balaban J connectivity index is 2.21. The van der Waals surface area contributed by atoms with Gasteiger partial charge >= 0.3 is 5.97 Å². The lowest BCUT2D eigenvalue weighted by molar-refractivity contribution is -0.145. The molecule has 0 spiro atoms. The minimum atomic E-state index is -3.52. The largest absolute Gasteiger partial charge is 0.467 e. The Morgan fingerprint density at radius 3 is 2.35 bits per heavy atom. The van der Waals surface area contributed by atoms with Gasteiger partial charge in [0.15, 0.2) is 5.69 Å². The molecule has 0 aliphatic heterocycles. The molecule has 0 radical (unpaired) electrons. The first-order valence-electron chi connectivity index (χ1n) is 11.1. The van der Waals surface area contributed by atoms with Crippen LogP contribution in [0.3, 0.4) is 0 Å². The molecule has 198 valence electrons. The molecule has 0 saturated carbocycles. The van der Waals surface area contributed by atoms with Crippen molar-refractivity contribution in [3.05, 3.63) is 63.8 Å². The highest BCUT2D eigenvalue weighted by Gasteiger charge is 2.35. The smallest absolute Gasteiger partial charge is 0.328 e. The fourth-order valence-electron chi connectivity index (χ4n) is 3.77. The van der Waals surface area contributed by atoms with Gasteiger partial charge in [-0.25, -0.2) is 17.9 Å². The topological polar surface area (TPSA) is 119 Å². The Labute approximate surface area is 226 Å². The first-order chi connectivity index (χ1) is 17.1. The zero-order valence-electron chi connectivity index (χ0n) is 21.2. The summed E-state index contributed by atoms with van der Waals surface area (Å²) in [5, 5.41) is 8.00. The maximum absolute atomic E-state index is 13.4. The lowest BCUT2D eigenvalue weighted by atomic mass is 9.86. The van der Waals surface area contributed by atoms with Crippen molar-refractivity contribution in [1.29, 1.82) is 0 Å². The van der Waals surface area contributed by atoms with Gasteiger partial charge < -0.3 is 10.1 Å². The molecule has 12 heteroatoms. The van der Waals surface area contributed by atoms with E-state index in [9.17, 15) is 18.0 Å². The van der Waals surface area contributed by atoms with Crippen molar-refractivity contribution in [3.63, 3.8) is 0 Å². The van der Waals surface area contributed by atoms with Crippen LogP contribution in [0, 0.1) is 12.3 Å². The standard InChI is InChI=1S/C25H28Cl2N4O5S/c1-14-20(23(32)28-22(24(33)36-5)25(2,3)4)29-31(19-11-10-16(26)13-18(19)27)21(14)15-8-7-9-17(12-15)30-37(6,34)35/h7-13,22,30H,1-6H3,(H,28,32). The van der Waals surface area contributed by atoms with Gasteiger partial charge in [-0.05, 0) is 42.7 Å². The van der Waals surface area contributed by atoms with Gasteiger partial charge in [-0.3, -0.25) is 9.52 Å². The Hall–Kier alpha value is -3.08. The molecule has 2 N–H and O–H groups in total. The SMILES string of the molecule is COC(=O)C(NC(=O)c1nn(-c2ccc(Cl)cc2Cl)c(-c2cccc(NS(C)(=O)=O)c2)c1C)C(C)(C)C. The average molecular weight is 567 g/mol. The van der Waals surface area contributed by atoms with Crippen LogP contribution < -0.4 is 10.0 Å². The van der Waals surface area contributed by atoms with Gasteiger partial charge in [-0.15, -0.1) is 0 Å². The lowest BCUT2D eigenvalue weighted by Gasteiger charge is -2.28. The van der Waals surface area contributed by atoms with Crippen molar-refractivity contribution in [2.24, 2.45) is 5.41 Å². The molecular weight excluding hydrogens is 539 g/mol. The molecule has 1 amide bonds. The van der Waals surface area contributed by atoms with Crippen LogP contribution in [0.5, 0.6) is 0 Å². The molecule has 9 nitrogen and oxygen atoms in total. The molecule has 2 aromatic carbocycles. The van der Waals surface area contributed by atoms with E-state index in [1.165, 1.54) is 11.8 Å². The number of hydrogen-bond donors (Lipinski definition) is 2. The van der Waals surface area contributed by atoms with Crippen LogP contribution in [0.4, 0.5) is 5.69 Å². The number of carbonyl (C=O) groups excluding carboxylic acids is 2. The second kappa shape index (κ2) is 10.7. The van der Waals surface area contributed by atoms with Crippen molar-refractivity contribution in [1.82, 2.24) is 15.1 Å². The molecule has 3 aromatic rings. The summed E-state index contributed by atoms with van der Waals surface area (Å²) in [4.78, 5) is 25.8. The van der Waals surface area contributed by atoms with Gasteiger partial charge in [0.05, 0.1) is 29.8 Å². The molecule has 1 heterocycles. The monoisotopic (exact) mass is 566 g/mol. The second-order valence-electron chi connectivity index (χ2n) is 9.58. The van der Waals surface area contributed by atoms with Crippen LogP contribution in [0.2, 0.25) is 10.0 Å². The third kappa shape index (κ3) is 6.63. The van der Waals surface area contributed by atoms with E-state index in [4.69, 9.17) is 27.9 Å². The highest BCUT2D eigenvalue weighted by molar-refractivity contribution is 7.92. The van der Waals surface area contributed by atoms with E-state index in [1.807, 2.05) is 0 Å². The van der Waals surface area contributed by atoms with Crippen LogP contribution in [0.1, 0.15) is 36.8 Å². The van der Waals surface area contributed by atoms with Gasteiger partial charge in [0.25, 0.3) is 5.91 Å². The molecule has 37 heavy (non-hydrogen) atoms. The van der Waals surface area contributed by atoms with Gasteiger partial charge in [0, 0.05) is 21.8 Å². The molecule has 0 bridgehead atoms. The summed E-state index contributed by atoms with van der Waals surface area (Å²) in [6, 6.07) is 10.6. The van der Waals surface area contributed by atoms with E-state index in [-0.39, 0.29) is 10.7 Å². The summed E-state index contributed by atoms with van der Waals surface area (Å²) in [5.74, 6) is -1.17. The molecule has 1 atom stereocenters. The number of hydrogen-bond acceptors (Lipinski definition) is 6. The number of nitrogens with zero attached hydrogens (tertiary/aromatic N) is 2. The van der Waals surface area contributed by atoms with E-state index in [0.29, 0.717) is 33.2 Å². The predicted molar refractivity (Wildman–Crippen MR) is 145 cm³/mol. The summed E-state index contributed by atoms with van der Waals surface area (Å²) in [5.41, 5.74) is 1.76. The molecule has 3 rings (SSSR count). The van der Waals surface area contributed by atoms with Crippen molar-refractivity contribution >= 4 is 50.8 Å². The highest BCUT2D eigenvalue weighted by Crippen LogP contribution is 2.34. The number of carbonyl (C=O) groups is 2. The molecule has 0 aliphatic rings. The van der Waals surface area contributed by atoms with Crippen molar-refractivity contribution < 1.29 is 22.7 Å². The number of rotatable bonds is 7. The highest BCUT2D eigenvalue weighted by atomic mass is 35.5. The minimum absolute atomic E-state index is 0.0562. The summed E-state index contributed by atoms with van der Waals surface area (Å²) < 4.78 is 32.4. The third-order valence-corrected chi connectivity index (χ3v) is 6.64. The first-order valence-corrected chi connectivity index (χ1v) is 13.8. The maximum Gasteiger partial charge on any atom is 0.328 e. The Bertz CT molecular complexity index is 1460. The number of benzene rings is 2.